The Morgan fingerprint density at radius 3 is 2.64 bits per heavy atom. The number of rotatable bonds is 10. The van der Waals surface area contributed by atoms with Crippen LogP contribution >= 0.6 is 11.3 Å². The average Bonchev–Trinajstić information content (AvgIpc) is 3.49. The predicted octanol–water partition coefficient (Wildman–Crippen LogP) is 2.77. The lowest BCUT2D eigenvalue weighted by Crippen LogP contribution is -2.53. The van der Waals surface area contributed by atoms with Gasteiger partial charge < -0.3 is 15.5 Å². The Labute approximate surface area is 256 Å². The quantitative estimate of drug-likeness (QED) is 0.184. The molecule has 44 heavy (non-hydrogen) atoms. The second-order valence-corrected chi connectivity index (χ2v) is 11.5. The third-order valence-corrected chi connectivity index (χ3v) is 8.36. The number of hydrogen-bond acceptors (Lipinski definition) is 8. The van der Waals surface area contributed by atoms with E-state index in [0.717, 1.165) is 21.2 Å². The molecule has 0 saturated carbocycles. The molecule has 224 valence electrons. The Bertz CT molecular complexity index is 1780. The number of amides is 5. The molecule has 2 heterocycles. The van der Waals surface area contributed by atoms with Crippen molar-refractivity contribution in [3.63, 3.8) is 0 Å². The summed E-state index contributed by atoms with van der Waals surface area (Å²) in [5, 5.41) is 10.6. The van der Waals surface area contributed by atoms with Crippen LogP contribution < -0.4 is 16.0 Å². The third kappa shape index (κ3) is 6.87. The molecule has 1 aromatic heterocycles. The highest BCUT2D eigenvalue weighted by Gasteiger charge is 2.33. The van der Waals surface area contributed by atoms with Crippen molar-refractivity contribution in [1.82, 2.24) is 25.8 Å². The fraction of sp³-hybridized carbons (Fsp3) is 0.219. The van der Waals surface area contributed by atoms with Crippen molar-refractivity contribution in [3.8, 4) is 0 Å². The molecule has 0 aliphatic carbocycles. The smallest absolute Gasteiger partial charge is 0.255 e. The number of hydrogen-bond donors (Lipinski definition) is 3. The maximum atomic E-state index is 13.1. The van der Waals surface area contributed by atoms with E-state index in [1.54, 1.807) is 6.20 Å². The van der Waals surface area contributed by atoms with Gasteiger partial charge in [0.2, 0.25) is 17.7 Å². The van der Waals surface area contributed by atoms with Gasteiger partial charge in [-0.05, 0) is 41.0 Å². The van der Waals surface area contributed by atoms with Crippen LogP contribution in [0.25, 0.3) is 10.8 Å². The summed E-state index contributed by atoms with van der Waals surface area (Å²) in [6.07, 6.45) is 2.66. The van der Waals surface area contributed by atoms with Crippen LogP contribution in [0.2, 0.25) is 0 Å². The van der Waals surface area contributed by atoms with Crippen LogP contribution in [0.5, 0.6) is 0 Å². The van der Waals surface area contributed by atoms with E-state index in [4.69, 9.17) is 0 Å². The van der Waals surface area contributed by atoms with Gasteiger partial charge in [-0.25, -0.2) is 4.98 Å². The third-order valence-electron chi connectivity index (χ3n) is 7.36. The molecule has 5 amide bonds. The molecule has 1 fully saturated rings. The topological polar surface area (TPSA) is 155 Å². The largest absolute Gasteiger partial charge is 0.351 e. The van der Waals surface area contributed by atoms with E-state index in [1.165, 1.54) is 41.5 Å². The summed E-state index contributed by atoms with van der Waals surface area (Å²) in [6.45, 7) is 0.434. The number of aromatic nitrogens is 1. The van der Waals surface area contributed by atoms with Crippen molar-refractivity contribution in [2.24, 2.45) is 0 Å². The average molecular weight is 612 g/mol. The molecule has 11 nitrogen and oxygen atoms in total. The lowest BCUT2D eigenvalue weighted by molar-refractivity contribution is -0.136. The second kappa shape index (κ2) is 13.4. The molecular weight excluding hydrogens is 582 g/mol. The van der Waals surface area contributed by atoms with Crippen molar-refractivity contribution < 1.29 is 28.8 Å². The molecule has 1 atom stereocenters. The second-order valence-electron chi connectivity index (χ2n) is 10.3. The van der Waals surface area contributed by atoms with Crippen LogP contribution in [0.1, 0.15) is 59.4 Å². The lowest BCUT2D eigenvalue weighted by atomic mass is 10.0. The van der Waals surface area contributed by atoms with Crippen LogP contribution in [0.15, 0.2) is 66.9 Å². The number of nitrogens with one attached hydrogen (secondary N) is 3. The first-order chi connectivity index (χ1) is 21.2. The maximum absolute atomic E-state index is 13.1. The van der Waals surface area contributed by atoms with E-state index in [2.05, 4.69) is 20.9 Å². The Hall–Kier alpha value is -5.23. The van der Waals surface area contributed by atoms with Crippen molar-refractivity contribution >= 4 is 57.9 Å². The lowest BCUT2D eigenvalue weighted by Gasteiger charge is -2.30. The van der Waals surface area contributed by atoms with Gasteiger partial charge in [0.15, 0.2) is 6.29 Å². The first-order valence-corrected chi connectivity index (χ1v) is 14.7. The molecule has 0 radical (unpaired) electrons. The summed E-state index contributed by atoms with van der Waals surface area (Å²) in [4.78, 5) is 80.2. The molecule has 1 saturated heterocycles. The Balaban J connectivity index is 1.14. The minimum absolute atomic E-state index is 0.00225. The highest BCUT2D eigenvalue weighted by molar-refractivity contribution is 7.11. The highest BCUT2D eigenvalue weighted by atomic mass is 32.1. The van der Waals surface area contributed by atoms with Gasteiger partial charge in [-0.3, -0.25) is 34.1 Å². The zero-order valence-electron chi connectivity index (χ0n) is 23.8. The monoisotopic (exact) mass is 611 g/mol. The molecule has 0 bridgehead atoms. The fourth-order valence-corrected chi connectivity index (χ4v) is 5.82. The van der Waals surface area contributed by atoms with Gasteiger partial charge in [0.25, 0.3) is 11.8 Å². The molecule has 1 aliphatic heterocycles. The molecule has 3 N–H and O–H groups in total. The highest BCUT2D eigenvalue weighted by Crippen LogP contribution is 2.20. The number of nitrogens with zero attached hydrogens (tertiary/aromatic N) is 2. The van der Waals surface area contributed by atoms with Crippen LogP contribution in [0.3, 0.4) is 0 Å². The van der Waals surface area contributed by atoms with Crippen LogP contribution in [0.4, 0.5) is 0 Å². The van der Waals surface area contributed by atoms with Crippen molar-refractivity contribution in [2.45, 2.75) is 38.4 Å². The molecule has 12 heteroatoms. The van der Waals surface area contributed by atoms with Gasteiger partial charge in [-0.15, -0.1) is 11.3 Å². The van der Waals surface area contributed by atoms with E-state index >= 15 is 0 Å². The first kappa shape index (κ1) is 30.2. The summed E-state index contributed by atoms with van der Waals surface area (Å²) in [7, 11) is 1.43. The van der Waals surface area contributed by atoms with Gasteiger partial charge in [0, 0.05) is 35.7 Å². The molecule has 5 rings (SSSR count). The molecular formula is C32H29N5O6S. The number of piperidine rings is 1. The first-order valence-electron chi connectivity index (χ1n) is 13.9. The van der Waals surface area contributed by atoms with Crippen LogP contribution in [-0.4, -0.2) is 58.8 Å². The number of aldehydes is 1. The number of fused-ring (bicyclic) bond motifs is 1. The number of benzene rings is 3. The summed E-state index contributed by atoms with van der Waals surface area (Å²) in [5.41, 5.74) is 1.16. The standard InChI is InChI=1S/C32H29N5O6S/c1-37(26-11-12-27(39)36-31(26)42)32(43)25-10-9-21(13-22(25)18-38)30(41)35-17-29-34-16-23(44-29)15-33-28(40)14-20-7-4-6-19-5-2-3-8-24(19)20/h2-10,13,16,18,26H,11-12,14-15,17H2,1H3,(H,33,40)(H,35,41)(H,36,39,42). The zero-order valence-corrected chi connectivity index (χ0v) is 24.6. The van der Waals surface area contributed by atoms with Gasteiger partial charge in [0.1, 0.15) is 11.0 Å². The summed E-state index contributed by atoms with van der Waals surface area (Å²) >= 11 is 1.35. The van der Waals surface area contributed by atoms with E-state index in [9.17, 15) is 28.8 Å². The number of thiazole rings is 1. The molecule has 0 spiro atoms. The van der Waals surface area contributed by atoms with Crippen molar-refractivity contribution in [1.29, 1.82) is 0 Å². The zero-order chi connectivity index (χ0) is 31.2. The predicted molar refractivity (Wildman–Crippen MR) is 163 cm³/mol. The molecule has 1 unspecified atom stereocenters. The summed E-state index contributed by atoms with van der Waals surface area (Å²) in [6, 6.07) is 17.1. The van der Waals surface area contributed by atoms with E-state index in [1.807, 2.05) is 42.5 Å². The normalized spacial score (nSPS) is 14.5. The van der Waals surface area contributed by atoms with Gasteiger partial charge in [-0.2, -0.15) is 0 Å². The van der Waals surface area contributed by atoms with Gasteiger partial charge in [0.05, 0.1) is 25.1 Å². The number of imide groups is 1. The minimum atomic E-state index is -0.844. The Morgan fingerprint density at radius 2 is 1.84 bits per heavy atom. The number of carbonyl (C=O) groups excluding carboxylic acids is 6. The molecule has 3 aromatic carbocycles. The van der Waals surface area contributed by atoms with Crippen molar-refractivity contribution in [2.75, 3.05) is 7.05 Å². The SMILES string of the molecule is CN(C(=O)c1ccc(C(=O)NCc2ncc(CNC(=O)Cc3cccc4ccccc34)s2)cc1C=O)C1CCC(=O)NC1=O. The van der Waals surface area contributed by atoms with Gasteiger partial charge >= 0.3 is 0 Å². The van der Waals surface area contributed by atoms with E-state index in [0.29, 0.717) is 17.8 Å². The molecule has 1 aliphatic rings. The maximum Gasteiger partial charge on any atom is 0.255 e. The van der Waals surface area contributed by atoms with Crippen LogP contribution in [-0.2, 0) is 33.9 Å². The van der Waals surface area contributed by atoms with Crippen LogP contribution in [0, 0.1) is 0 Å². The van der Waals surface area contributed by atoms with E-state index < -0.39 is 29.7 Å². The summed E-state index contributed by atoms with van der Waals surface area (Å²) < 4.78 is 0. The Morgan fingerprint density at radius 1 is 1.05 bits per heavy atom. The van der Waals surface area contributed by atoms with E-state index in [-0.39, 0.29) is 48.4 Å². The molecule has 4 aromatic rings. The summed E-state index contributed by atoms with van der Waals surface area (Å²) in [5.74, 6) is -2.13. The minimum Gasteiger partial charge on any atom is -0.351 e. The number of carbonyl (C=O) groups is 6. The van der Waals surface area contributed by atoms with Crippen molar-refractivity contribution in [3.05, 3.63) is 99.0 Å². The Kier molecular flexibility index (Phi) is 9.20. The van der Waals surface area contributed by atoms with Gasteiger partial charge in [-0.1, -0.05) is 42.5 Å². The fourth-order valence-electron chi connectivity index (χ4n) is 5.02. The number of likely N-dealkylation sites (N-methyl/N-ethyl adjacent to an activating group) is 1.